The number of carbonyl (C=O) groups excluding carboxylic acids is 1. The second kappa shape index (κ2) is 5.94. The number of carbonyl (C=O) groups is 1. The second-order valence-corrected chi connectivity index (χ2v) is 5.55. The van der Waals surface area contributed by atoms with Gasteiger partial charge in [-0.3, -0.25) is 4.79 Å². The van der Waals surface area contributed by atoms with Crippen LogP contribution in [0.15, 0.2) is 0 Å². The van der Waals surface area contributed by atoms with Crippen LogP contribution in [0.2, 0.25) is 0 Å². The van der Waals surface area contributed by atoms with Crippen LogP contribution in [-0.4, -0.2) is 23.4 Å². The van der Waals surface area contributed by atoms with Gasteiger partial charge in [-0.25, -0.2) is 0 Å². The lowest BCUT2D eigenvalue weighted by molar-refractivity contribution is -0.132. The maximum Gasteiger partial charge on any atom is 0.219 e. The Hall–Kier alpha value is -0.970. The Labute approximate surface area is 100 Å². The molecular formula is C14H25NO. The Morgan fingerprint density at radius 3 is 2.19 bits per heavy atom. The molecule has 0 aromatic rings. The van der Waals surface area contributed by atoms with Crippen LogP contribution in [0.1, 0.15) is 48.0 Å². The standard InChI is InChI=1S/C14H25NO/c1-8-9-12(4)15(13(5)16)10-14(6,7)11(2)3/h1,11-12H,9-10H2,2-7H3. The summed E-state index contributed by atoms with van der Waals surface area (Å²) in [6, 6.07) is 0.125. The van der Waals surface area contributed by atoms with Gasteiger partial charge in [-0.1, -0.05) is 27.7 Å². The molecule has 0 saturated carbocycles. The van der Waals surface area contributed by atoms with Crippen molar-refractivity contribution in [1.82, 2.24) is 4.90 Å². The van der Waals surface area contributed by atoms with Crippen molar-refractivity contribution >= 4 is 5.91 Å². The smallest absolute Gasteiger partial charge is 0.219 e. The van der Waals surface area contributed by atoms with Crippen molar-refractivity contribution in [2.75, 3.05) is 6.54 Å². The Bertz CT molecular complexity index is 273. The zero-order valence-corrected chi connectivity index (χ0v) is 11.5. The predicted molar refractivity (Wildman–Crippen MR) is 68.9 cm³/mol. The Balaban J connectivity index is 4.71. The fourth-order valence-electron chi connectivity index (χ4n) is 1.48. The zero-order valence-electron chi connectivity index (χ0n) is 11.5. The van der Waals surface area contributed by atoms with Gasteiger partial charge in [0.2, 0.25) is 5.91 Å². The first-order chi connectivity index (χ1) is 7.22. The number of amides is 1. The van der Waals surface area contributed by atoms with Crippen LogP contribution in [0.4, 0.5) is 0 Å². The Morgan fingerprint density at radius 2 is 1.88 bits per heavy atom. The molecule has 0 aliphatic rings. The van der Waals surface area contributed by atoms with E-state index >= 15 is 0 Å². The van der Waals surface area contributed by atoms with Gasteiger partial charge >= 0.3 is 0 Å². The minimum absolute atomic E-state index is 0.108. The van der Waals surface area contributed by atoms with Gasteiger partial charge in [0.05, 0.1) is 0 Å². The third kappa shape index (κ3) is 4.26. The van der Waals surface area contributed by atoms with E-state index in [1.807, 2.05) is 11.8 Å². The average Bonchev–Trinajstić information content (AvgIpc) is 2.13. The summed E-state index contributed by atoms with van der Waals surface area (Å²) in [5.41, 5.74) is 0.120. The van der Waals surface area contributed by atoms with Gasteiger partial charge in [0.1, 0.15) is 0 Å². The van der Waals surface area contributed by atoms with E-state index in [0.717, 1.165) is 6.54 Å². The molecule has 0 radical (unpaired) electrons. The molecule has 1 unspecified atom stereocenters. The van der Waals surface area contributed by atoms with Crippen LogP contribution in [0, 0.1) is 23.7 Å². The Kier molecular flexibility index (Phi) is 5.58. The Morgan fingerprint density at radius 1 is 1.38 bits per heavy atom. The monoisotopic (exact) mass is 223 g/mol. The maximum atomic E-state index is 11.6. The van der Waals surface area contributed by atoms with E-state index in [-0.39, 0.29) is 17.4 Å². The summed E-state index contributed by atoms with van der Waals surface area (Å²) in [4.78, 5) is 13.5. The zero-order chi connectivity index (χ0) is 12.9. The van der Waals surface area contributed by atoms with Crippen molar-refractivity contribution in [3.8, 4) is 12.3 Å². The molecule has 92 valence electrons. The van der Waals surface area contributed by atoms with Gasteiger partial charge in [0, 0.05) is 25.9 Å². The molecule has 2 nitrogen and oxygen atoms in total. The van der Waals surface area contributed by atoms with E-state index in [2.05, 4.69) is 33.6 Å². The van der Waals surface area contributed by atoms with Gasteiger partial charge in [-0.2, -0.15) is 0 Å². The molecule has 0 bridgehead atoms. The summed E-state index contributed by atoms with van der Waals surface area (Å²) in [5.74, 6) is 3.27. The van der Waals surface area contributed by atoms with Gasteiger partial charge in [-0.05, 0) is 18.3 Å². The quantitative estimate of drug-likeness (QED) is 0.656. The van der Waals surface area contributed by atoms with Crippen LogP contribution >= 0.6 is 0 Å². The predicted octanol–water partition coefficient (Wildman–Crippen LogP) is 2.93. The molecule has 0 aliphatic heterocycles. The fraction of sp³-hybridized carbons (Fsp3) is 0.786. The van der Waals surface area contributed by atoms with E-state index in [1.165, 1.54) is 0 Å². The van der Waals surface area contributed by atoms with E-state index in [0.29, 0.717) is 12.3 Å². The lowest BCUT2D eigenvalue weighted by Gasteiger charge is -2.38. The first-order valence-electron chi connectivity index (χ1n) is 5.93. The lowest BCUT2D eigenvalue weighted by Crippen LogP contribution is -2.44. The molecule has 0 aliphatic carbocycles. The van der Waals surface area contributed by atoms with Crippen LogP contribution in [0.3, 0.4) is 0 Å². The van der Waals surface area contributed by atoms with Crippen molar-refractivity contribution in [3.63, 3.8) is 0 Å². The number of rotatable bonds is 5. The largest absolute Gasteiger partial charge is 0.339 e. The van der Waals surface area contributed by atoms with E-state index in [4.69, 9.17) is 6.42 Å². The number of hydrogen-bond donors (Lipinski definition) is 0. The summed E-state index contributed by atoms with van der Waals surface area (Å²) in [5, 5.41) is 0. The molecule has 16 heavy (non-hydrogen) atoms. The highest BCUT2D eigenvalue weighted by atomic mass is 16.2. The molecule has 0 heterocycles. The van der Waals surface area contributed by atoms with Crippen molar-refractivity contribution in [1.29, 1.82) is 0 Å². The van der Waals surface area contributed by atoms with E-state index in [1.54, 1.807) is 6.92 Å². The number of hydrogen-bond acceptors (Lipinski definition) is 1. The second-order valence-electron chi connectivity index (χ2n) is 5.55. The summed E-state index contributed by atoms with van der Waals surface area (Å²) < 4.78 is 0. The number of nitrogens with zero attached hydrogens (tertiary/aromatic N) is 1. The third-order valence-electron chi connectivity index (χ3n) is 3.49. The topological polar surface area (TPSA) is 20.3 Å². The highest BCUT2D eigenvalue weighted by Crippen LogP contribution is 2.28. The number of terminal acetylenes is 1. The molecule has 0 fully saturated rings. The molecule has 0 spiro atoms. The first-order valence-corrected chi connectivity index (χ1v) is 5.93. The van der Waals surface area contributed by atoms with Gasteiger partial charge in [-0.15, -0.1) is 12.3 Å². The fourth-order valence-corrected chi connectivity index (χ4v) is 1.48. The van der Waals surface area contributed by atoms with Crippen LogP contribution in [0.5, 0.6) is 0 Å². The minimum atomic E-state index is 0.108. The summed E-state index contributed by atoms with van der Waals surface area (Å²) in [7, 11) is 0. The third-order valence-corrected chi connectivity index (χ3v) is 3.49. The van der Waals surface area contributed by atoms with Crippen molar-refractivity contribution in [3.05, 3.63) is 0 Å². The van der Waals surface area contributed by atoms with Crippen molar-refractivity contribution in [2.45, 2.75) is 54.0 Å². The summed E-state index contributed by atoms with van der Waals surface area (Å²) >= 11 is 0. The molecule has 0 aromatic heterocycles. The molecule has 1 atom stereocenters. The average molecular weight is 223 g/mol. The van der Waals surface area contributed by atoms with Gasteiger partial charge in [0.25, 0.3) is 0 Å². The molecule has 0 rings (SSSR count). The molecule has 0 saturated heterocycles. The molecular weight excluding hydrogens is 198 g/mol. The molecule has 1 amide bonds. The SMILES string of the molecule is C#CCC(C)N(CC(C)(C)C(C)C)C(C)=O. The van der Waals surface area contributed by atoms with Crippen LogP contribution < -0.4 is 0 Å². The minimum Gasteiger partial charge on any atom is -0.339 e. The molecule has 2 heteroatoms. The van der Waals surface area contributed by atoms with Gasteiger partial charge in [0.15, 0.2) is 0 Å². The van der Waals surface area contributed by atoms with Crippen molar-refractivity contribution in [2.24, 2.45) is 11.3 Å². The lowest BCUT2D eigenvalue weighted by atomic mass is 9.80. The van der Waals surface area contributed by atoms with Crippen molar-refractivity contribution < 1.29 is 4.79 Å². The van der Waals surface area contributed by atoms with Gasteiger partial charge < -0.3 is 4.90 Å². The summed E-state index contributed by atoms with van der Waals surface area (Å²) in [6.07, 6.45) is 5.92. The molecule has 0 N–H and O–H groups in total. The highest BCUT2D eigenvalue weighted by Gasteiger charge is 2.28. The first kappa shape index (κ1) is 15.0. The normalized spacial score (nSPS) is 13.4. The maximum absolute atomic E-state index is 11.6. The molecule has 0 aromatic carbocycles. The van der Waals surface area contributed by atoms with Crippen LogP contribution in [-0.2, 0) is 4.79 Å². The van der Waals surface area contributed by atoms with Crippen LogP contribution in [0.25, 0.3) is 0 Å². The highest BCUT2D eigenvalue weighted by molar-refractivity contribution is 5.73. The van der Waals surface area contributed by atoms with E-state index in [9.17, 15) is 4.79 Å². The van der Waals surface area contributed by atoms with E-state index < -0.39 is 0 Å². The summed E-state index contributed by atoms with van der Waals surface area (Å²) in [6.45, 7) is 13.1.